The molecule has 104 valence electrons. The maximum absolute atomic E-state index is 11.9. The van der Waals surface area contributed by atoms with E-state index in [4.69, 9.17) is 9.15 Å². The quantitative estimate of drug-likeness (QED) is 0.848. The molecule has 0 amide bonds. The highest BCUT2D eigenvalue weighted by Crippen LogP contribution is 2.38. The SMILES string of the molecule is COC(=O)C1=C(NCc2ccco2)CCC(C)(C)C1. The normalized spacial score (nSPS) is 18.3. The molecule has 4 heteroatoms. The van der Waals surface area contributed by atoms with E-state index in [1.165, 1.54) is 7.11 Å². The third-order valence-electron chi connectivity index (χ3n) is 3.56. The number of esters is 1. The first-order valence-corrected chi connectivity index (χ1v) is 6.58. The molecule has 0 aromatic carbocycles. The number of rotatable bonds is 4. The van der Waals surface area contributed by atoms with Gasteiger partial charge in [0.1, 0.15) is 5.76 Å². The van der Waals surface area contributed by atoms with Crippen LogP contribution in [-0.4, -0.2) is 13.1 Å². The molecule has 4 nitrogen and oxygen atoms in total. The fourth-order valence-corrected chi connectivity index (χ4v) is 2.41. The average Bonchev–Trinajstić information content (AvgIpc) is 2.88. The third kappa shape index (κ3) is 3.40. The minimum Gasteiger partial charge on any atom is -0.467 e. The van der Waals surface area contributed by atoms with Crippen LogP contribution in [0.15, 0.2) is 34.1 Å². The van der Waals surface area contributed by atoms with E-state index in [0.717, 1.165) is 36.3 Å². The third-order valence-corrected chi connectivity index (χ3v) is 3.56. The molecule has 0 aliphatic heterocycles. The minimum absolute atomic E-state index is 0.152. The van der Waals surface area contributed by atoms with E-state index in [1.54, 1.807) is 6.26 Å². The highest BCUT2D eigenvalue weighted by Gasteiger charge is 2.31. The number of allylic oxidation sites excluding steroid dienone is 1. The van der Waals surface area contributed by atoms with Gasteiger partial charge in [-0.3, -0.25) is 0 Å². The van der Waals surface area contributed by atoms with Crippen molar-refractivity contribution in [2.75, 3.05) is 7.11 Å². The Kier molecular flexibility index (Phi) is 3.98. The van der Waals surface area contributed by atoms with Crippen LogP contribution in [0.1, 0.15) is 38.9 Å². The summed E-state index contributed by atoms with van der Waals surface area (Å²) in [6.45, 7) is 4.96. The van der Waals surface area contributed by atoms with Crippen molar-refractivity contribution in [3.8, 4) is 0 Å². The Bertz CT molecular complexity index is 472. The summed E-state index contributed by atoms with van der Waals surface area (Å²) in [6.07, 6.45) is 4.34. The Morgan fingerprint density at radius 1 is 1.53 bits per heavy atom. The standard InChI is InChI=1S/C15H21NO3/c1-15(2)7-6-13(12(9-15)14(17)18-3)16-10-11-5-4-8-19-11/h4-5,8,16H,6-7,9-10H2,1-3H3. The first-order chi connectivity index (χ1) is 9.02. The van der Waals surface area contributed by atoms with E-state index in [0.29, 0.717) is 6.54 Å². The molecule has 0 bridgehead atoms. The number of nitrogens with one attached hydrogen (secondary N) is 1. The van der Waals surface area contributed by atoms with Gasteiger partial charge in [0.25, 0.3) is 0 Å². The summed E-state index contributed by atoms with van der Waals surface area (Å²) in [4.78, 5) is 11.9. The van der Waals surface area contributed by atoms with Crippen molar-refractivity contribution in [2.24, 2.45) is 5.41 Å². The molecular weight excluding hydrogens is 242 g/mol. The number of hydrogen-bond donors (Lipinski definition) is 1. The minimum atomic E-state index is -0.227. The first-order valence-electron chi connectivity index (χ1n) is 6.58. The maximum atomic E-state index is 11.9. The van der Waals surface area contributed by atoms with Crippen molar-refractivity contribution in [3.63, 3.8) is 0 Å². The van der Waals surface area contributed by atoms with Gasteiger partial charge in [-0.05, 0) is 36.8 Å². The average molecular weight is 263 g/mol. The van der Waals surface area contributed by atoms with E-state index in [2.05, 4.69) is 19.2 Å². The van der Waals surface area contributed by atoms with Gasteiger partial charge < -0.3 is 14.5 Å². The summed E-state index contributed by atoms with van der Waals surface area (Å²) in [5, 5.41) is 3.31. The Morgan fingerprint density at radius 3 is 2.95 bits per heavy atom. The van der Waals surface area contributed by atoms with E-state index in [9.17, 15) is 4.79 Å². The zero-order valence-electron chi connectivity index (χ0n) is 11.8. The van der Waals surface area contributed by atoms with Crippen molar-refractivity contribution in [1.29, 1.82) is 0 Å². The number of ether oxygens (including phenoxy) is 1. The second-order valence-corrected chi connectivity index (χ2v) is 5.72. The van der Waals surface area contributed by atoms with Crippen molar-refractivity contribution in [3.05, 3.63) is 35.4 Å². The highest BCUT2D eigenvalue weighted by atomic mass is 16.5. The van der Waals surface area contributed by atoms with E-state index in [1.807, 2.05) is 12.1 Å². The largest absolute Gasteiger partial charge is 0.467 e. The molecule has 0 unspecified atom stereocenters. The second-order valence-electron chi connectivity index (χ2n) is 5.72. The zero-order valence-corrected chi connectivity index (χ0v) is 11.8. The number of carbonyl (C=O) groups excluding carboxylic acids is 1. The number of carbonyl (C=O) groups is 1. The highest BCUT2D eigenvalue weighted by molar-refractivity contribution is 5.89. The van der Waals surface area contributed by atoms with Crippen LogP contribution in [0.3, 0.4) is 0 Å². The molecule has 1 N–H and O–H groups in total. The summed E-state index contributed by atoms with van der Waals surface area (Å²) in [5.74, 6) is 0.635. The summed E-state index contributed by atoms with van der Waals surface area (Å²) in [5.41, 5.74) is 1.91. The van der Waals surface area contributed by atoms with E-state index in [-0.39, 0.29) is 11.4 Å². The van der Waals surface area contributed by atoms with Gasteiger partial charge in [0.05, 0.1) is 25.5 Å². The summed E-state index contributed by atoms with van der Waals surface area (Å²) < 4.78 is 10.2. The van der Waals surface area contributed by atoms with Crippen molar-refractivity contribution in [1.82, 2.24) is 5.32 Å². The second kappa shape index (κ2) is 5.51. The number of methoxy groups -OCH3 is 1. The van der Waals surface area contributed by atoms with Gasteiger partial charge >= 0.3 is 5.97 Å². The molecule has 0 saturated heterocycles. The molecule has 1 aliphatic rings. The van der Waals surface area contributed by atoms with E-state index >= 15 is 0 Å². The molecule has 0 saturated carbocycles. The molecular formula is C15H21NO3. The van der Waals surface area contributed by atoms with Crippen LogP contribution in [0.5, 0.6) is 0 Å². The lowest BCUT2D eigenvalue weighted by atomic mass is 9.76. The number of furan rings is 1. The van der Waals surface area contributed by atoms with Crippen LogP contribution in [0.2, 0.25) is 0 Å². The monoisotopic (exact) mass is 263 g/mol. The van der Waals surface area contributed by atoms with Crippen molar-refractivity contribution < 1.29 is 13.9 Å². The van der Waals surface area contributed by atoms with Crippen LogP contribution in [0.4, 0.5) is 0 Å². The Balaban J connectivity index is 2.13. The predicted octanol–water partition coefficient (Wildman–Crippen LogP) is 3.01. The van der Waals surface area contributed by atoms with Crippen molar-refractivity contribution >= 4 is 5.97 Å². The molecule has 1 aromatic rings. The Labute approximate surface area is 113 Å². The lowest BCUT2D eigenvalue weighted by Gasteiger charge is -2.32. The number of hydrogen-bond acceptors (Lipinski definition) is 4. The fraction of sp³-hybridized carbons (Fsp3) is 0.533. The topological polar surface area (TPSA) is 51.5 Å². The zero-order chi connectivity index (χ0) is 13.9. The smallest absolute Gasteiger partial charge is 0.335 e. The van der Waals surface area contributed by atoms with Crippen LogP contribution in [-0.2, 0) is 16.1 Å². The Hall–Kier alpha value is -1.71. The fourth-order valence-electron chi connectivity index (χ4n) is 2.41. The molecule has 1 heterocycles. The van der Waals surface area contributed by atoms with Crippen LogP contribution in [0, 0.1) is 5.41 Å². The molecule has 0 atom stereocenters. The molecule has 0 fully saturated rings. The van der Waals surface area contributed by atoms with Gasteiger partial charge in [0.2, 0.25) is 0 Å². The van der Waals surface area contributed by atoms with Crippen LogP contribution in [0.25, 0.3) is 0 Å². The van der Waals surface area contributed by atoms with Gasteiger partial charge in [-0.25, -0.2) is 4.79 Å². The summed E-state index contributed by atoms with van der Waals surface area (Å²) in [7, 11) is 1.43. The van der Waals surface area contributed by atoms with Gasteiger partial charge in [-0.1, -0.05) is 13.8 Å². The van der Waals surface area contributed by atoms with Crippen LogP contribution >= 0.6 is 0 Å². The molecule has 0 radical (unpaired) electrons. The lowest BCUT2D eigenvalue weighted by molar-refractivity contribution is -0.136. The Morgan fingerprint density at radius 2 is 2.32 bits per heavy atom. The maximum Gasteiger partial charge on any atom is 0.335 e. The molecule has 1 aromatic heterocycles. The predicted molar refractivity (Wildman–Crippen MR) is 72.2 cm³/mol. The van der Waals surface area contributed by atoms with E-state index < -0.39 is 0 Å². The van der Waals surface area contributed by atoms with Gasteiger partial charge in [-0.2, -0.15) is 0 Å². The molecule has 19 heavy (non-hydrogen) atoms. The van der Waals surface area contributed by atoms with Crippen LogP contribution < -0.4 is 5.32 Å². The summed E-state index contributed by atoms with van der Waals surface area (Å²) in [6, 6.07) is 3.77. The molecule has 1 aliphatic carbocycles. The molecule has 2 rings (SSSR count). The van der Waals surface area contributed by atoms with Crippen molar-refractivity contribution in [2.45, 2.75) is 39.7 Å². The van der Waals surface area contributed by atoms with Gasteiger partial charge in [-0.15, -0.1) is 0 Å². The first kappa shape index (κ1) is 13.7. The molecule has 0 spiro atoms. The lowest BCUT2D eigenvalue weighted by Crippen LogP contribution is -2.28. The van der Waals surface area contributed by atoms with Gasteiger partial charge in [0, 0.05) is 5.70 Å². The van der Waals surface area contributed by atoms with Gasteiger partial charge in [0.15, 0.2) is 0 Å². The summed E-state index contributed by atoms with van der Waals surface area (Å²) >= 11 is 0.